The molecule has 0 saturated heterocycles. The Kier molecular flexibility index (Phi) is 5.93. The first-order valence-corrected chi connectivity index (χ1v) is 7.53. The Balaban J connectivity index is 1.92. The van der Waals surface area contributed by atoms with Gasteiger partial charge in [-0.2, -0.15) is 0 Å². The van der Waals surface area contributed by atoms with Crippen molar-refractivity contribution < 1.29 is 14.8 Å². The van der Waals surface area contributed by atoms with Crippen molar-refractivity contribution >= 4 is 18.5 Å². The van der Waals surface area contributed by atoms with E-state index in [0.29, 0.717) is 11.9 Å². The van der Waals surface area contributed by atoms with Gasteiger partial charge >= 0.3 is 7.12 Å². The molecule has 0 unspecified atom stereocenters. The van der Waals surface area contributed by atoms with E-state index in [1.54, 1.807) is 24.3 Å². The van der Waals surface area contributed by atoms with Gasteiger partial charge in [-0.25, -0.2) is 0 Å². The fraction of sp³-hybridized carbons (Fsp3) is 0.235. The number of carbonyl (C=O) groups is 1. The number of amides is 1. The number of nitrogens with two attached hydrogens (primary N) is 1. The zero-order valence-electron chi connectivity index (χ0n) is 13.0. The molecule has 0 spiro atoms. The molecule has 0 radical (unpaired) electrons. The highest BCUT2D eigenvalue weighted by Gasteiger charge is 2.17. The Morgan fingerprint density at radius 3 is 2.30 bits per heavy atom. The van der Waals surface area contributed by atoms with E-state index >= 15 is 0 Å². The van der Waals surface area contributed by atoms with Crippen molar-refractivity contribution in [1.29, 1.82) is 0 Å². The maximum atomic E-state index is 12.2. The number of benzene rings is 2. The third-order valence-electron chi connectivity index (χ3n) is 3.73. The highest BCUT2D eigenvalue weighted by atomic mass is 16.4. The topological polar surface area (TPSA) is 95.6 Å². The van der Waals surface area contributed by atoms with Gasteiger partial charge in [-0.05, 0) is 29.9 Å². The summed E-state index contributed by atoms with van der Waals surface area (Å²) in [6.45, 7) is 1.91. The van der Waals surface area contributed by atoms with Crippen molar-refractivity contribution in [3.8, 4) is 0 Å². The van der Waals surface area contributed by atoms with Gasteiger partial charge in [0.15, 0.2) is 0 Å². The van der Waals surface area contributed by atoms with Crippen LogP contribution in [0.1, 0.15) is 24.1 Å². The van der Waals surface area contributed by atoms with Crippen LogP contribution in [0.2, 0.25) is 0 Å². The summed E-state index contributed by atoms with van der Waals surface area (Å²) in [7, 11) is -1.49. The van der Waals surface area contributed by atoms with Gasteiger partial charge < -0.3 is 21.1 Å². The Bertz CT molecular complexity index is 632. The van der Waals surface area contributed by atoms with E-state index in [9.17, 15) is 4.79 Å². The van der Waals surface area contributed by atoms with Gasteiger partial charge in [0, 0.05) is 0 Å². The van der Waals surface area contributed by atoms with Crippen LogP contribution in [0.4, 0.5) is 0 Å². The molecule has 0 fully saturated rings. The molecule has 0 aliphatic carbocycles. The van der Waals surface area contributed by atoms with Crippen molar-refractivity contribution in [2.24, 2.45) is 5.73 Å². The summed E-state index contributed by atoms with van der Waals surface area (Å²) in [6, 6.07) is 15.6. The maximum absolute atomic E-state index is 12.2. The molecule has 2 atom stereocenters. The highest BCUT2D eigenvalue weighted by Crippen LogP contribution is 2.11. The lowest BCUT2D eigenvalue weighted by Gasteiger charge is -2.18. The van der Waals surface area contributed by atoms with Crippen molar-refractivity contribution in [2.75, 3.05) is 0 Å². The van der Waals surface area contributed by atoms with Crippen LogP contribution in [-0.2, 0) is 11.2 Å². The summed E-state index contributed by atoms with van der Waals surface area (Å²) in [5.41, 5.74) is 8.26. The van der Waals surface area contributed by atoms with Crippen molar-refractivity contribution in [3.63, 3.8) is 0 Å². The van der Waals surface area contributed by atoms with E-state index in [-0.39, 0.29) is 11.9 Å². The first-order chi connectivity index (χ1) is 11.0. The maximum Gasteiger partial charge on any atom is 0.488 e. The van der Waals surface area contributed by atoms with Crippen LogP contribution in [0, 0.1) is 0 Å². The number of carbonyl (C=O) groups excluding carboxylic acids is 1. The molecule has 0 bridgehead atoms. The SMILES string of the molecule is C[C@H](NC(=O)[C@@H](N)Cc1ccc(B(O)O)cc1)c1ccccc1. The van der Waals surface area contributed by atoms with Gasteiger partial charge in [-0.1, -0.05) is 54.6 Å². The predicted octanol–water partition coefficient (Wildman–Crippen LogP) is 0.114. The van der Waals surface area contributed by atoms with E-state index in [4.69, 9.17) is 15.8 Å². The van der Waals surface area contributed by atoms with Gasteiger partial charge in [-0.15, -0.1) is 0 Å². The van der Waals surface area contributed by atoms with Crippen LogP contribution in [0.25, 0.3) is 0 Å². The molecule has 0 aliphatic heterocycles. The largest absolute Gasteiger partial charge is 0.488 e. The smallest absolute Gasteiger partial charge is 0.423 e. The third kappa shape index (κ3) is 4.92. The van der Waals surface area contributed by atoms with E-state index in [2.05, 4.69) is 5.32 Å². The first-order valence-electron chi connectivity index (χ1n) is 7.53. The average Bonchev–Trinajstić information content (AvgIpc) is 2.56. The molecule has 23 heavy (non-hydrogen) atoms. The minimum atomic E-state index is -1.49. The monoisotopic (exact) mass is 312 g/mol. The Morgan fingerprint density at radius 1 is 1.13 bits per heavy atom. The van der Waals surface area contributed by atoms with Crippen molar-refractivity contribution in [2.45, 2.75) is 25.4 Å². The van der Waals surface area contributed by atoms with Gasteiger partial charge in [0.1, 0.15) is 0 Å². The summed E-state index contributed by atoms with van der Waals surface area (Å²) in [4.78, 5) is 12.2. The quantitative estimate of drug-likeness (QED) is 0.570. The lowest BCUT2D eigenvalue weighted by Crippen LogP contribution is -2.43. The molecule has 0 aliphatic rings. The number of hydrogen-bond acceptors (Lipinski definition) is 4. The summed E-state index contributed by atoms with van der Waals surface area (Å²) in [5.74, 6) is -0.215. The third-order valence-corrected chi connectivity index (χ3v) is 3.73. The van der Waals surface area contributed by atoms with Crippen molar-refractivity contribution in [1.82, 2.24) is 5.32 Å². The molecule has 1 amide bonds. The molecule has 120 valence electrons. The average molecular weight is 312 g/mol. The van der Waals surface area contributed by atoms with Crippen LogP contribution >= 0.6 is 0 Å². The van der Waals surface area contributed by atoms with Crippen molar-refractivity contribution in [3.05, 3.63) is 65.7 Å². The lowest BCUT2D eigenvalue weighted by molar-refractivity contribution is -0.123. The lowest BCUT2D eigenvalue weighted by atomic mass is 9.80. The highest BCUT2D eigenvalue weighted by molar-refractivity contribution is 6.58. The summed E-state index contributed by atoms with van der Waals surface area (Å²) in [5, 5.41) is 21.0. The Labute approximate surface area is 136 Å². The molecule has 2 rings (SSSR count). The van der Waals surface area contributed by atoms with E-state index in [0.717, 1.165) is 11.1 Å². The zero-order chi connectivity index (χ0) is 16.8. The van der Waals surface area contributed by atoms with Gasteiger partial charge in [0.05, 0.1) is 12.1 Å². The minimum absolute atomic E-state index is 0.110. The van der Waals surface area contributed by atoms with E-state index in [1.807, 2.05) is 37.3 Å². The van der Waals surface area contributed by atoms with Crippen LogP contribution in [0.3, 0.4) is 0 Å². The molecule has 0 heterocycles. The fourth-order valence-electron chi connectivity index (χ4n) is 2.32. The Hall–Kier alpha value is -2.15. The summed E-state index contributed by atoms with van der Waals surface area (Å²) in [6.07, 6.45) is 0.384. The minimum Gasteiger partial charge on any atom is -0.423 e. The molecule has 2 aromatic carbocycles. The van der Waals surface area contributed by atoms with Crippen LogP contribution in [0.5, 0.6) is 0 Å². The molecule has 0 aromatic heterocycles. The van der Waals surface area contributed by atoms with E-state index in [1.165, 1.54) is 0 Å². The fourth-order valence-corrected chi connectivity index (χ4v) is 2.32. The molecule has 0 saturated carbocycles. The summed E-state index contributed by atoms with van der Waals surface area (Å²) < 4.78 is 0. The first kappa shape index (κ1) is 17.2. The number of rotatable bonds is 6. The molecule has 2 aromatic rings. The second kappa shape index (κ2) is 7.92. The molecular weight excluding hydrogens is 291 g/mol. The molecular formula is C17H21BN2O3. The van der Waals surface area contributed by atoms with Gasteiger partial charge in [-0.3, -0.25) is 4.79 Å². The number of hydrogen-bond donors (Lipinski definition) is 4. The van der Waals surface area contributed by atoms with Crippen LogP contribution < -0.4 is 16.5 Å². The van der Waals surface area contributed by atoms with Gasteiger partial charge in [0.25, 0.3) is 0 Å². The zero-order valence-corrected chi connectivity index (χ0v) is 13.0. The normalized spacial score (nSPS) is 13.2. The second-order valence-electron chi connectivity index (χ2n) is 5.57. The number of nitrogens with one attached hydrogen (secondary N) is 1. The van der Waals surface area contributed by atoms with E-state index < -0.39 is 13.2 Å². The predicted molar refractivity (Wildman–Crippen MR) is 90.9 cm³/mol. The van der Waals surface area contributed by atoms with Crippen LogP contribution in [0.15, 0.2) is 54.6 Å². The Morgan fingerprint density at radius 2 is 1.74 bits per heavy atom. The molecule has 6 heteroatoms. The van der Waals surface area contributed by atoms with Gasteiger partial charge in [0.2, 0.25) is 5.91 Å². The standard InChI is InChI=1S/C17H21BN2O3/c1-12(14-5-3-2-4-6-14)20-17(21)16(19)11-13-7-9-15(10-8-13)18(22)23/h2-10,12,16,22-23H,11,19H2,1H3,(H,20,21)/t12-,16-/m0/s1. The summed E-state index contributed by atoms with van der Waals surface area (Å²) >= 11 is 0. The second-order valence-corrected chi connectivity index (χ2v) is 5.57. The van der Waals surface area contributed by atoms with Crippen LogP contribution in [-0.4, -0.2) is 29.1 Å². The molecule has 5 nitrogen and oxygen atoms in total. The molecule has 5 N–H and O–H groups in total.